The van der Waals surface area contributed by atoms with Gasteiger partial charge in [-0.25, -0.2) is 8.42 Å². The van der Waals surface area contributed by atoms with Gasteiger partial charge in [0, 0.05) is 25.0 Å². The Labute approximate surface area is 182 Å². The molecule has 6 heteroatoms. The van der Waals surface area contributed by atoms with Gasteiger partial charge in [-0.1, -0.05) is 43.3 Å². The highest BCUT2D eigenvalue weighted by Crippen LogP contribution is 2.35. The Bertz CT molecular complexity index is 852. The molecule has 5 nitrogen and oxygen atoms in total. The van der Waals surface area contributed by atoms with Crippen LogP contribution in [-0.4, -0.2) is 62.7 Å². The fraction of sp³-hybridized carbons (Fsp3) is 0.667. The van der Waals surface area contributed by atoms with Gasteiger partial charge in [-0.3, -0.25) is 5.32 Å². The van der Waals surface area contributed by atoms with E-state index in [0.717, 1.165) is 50.2 Å². The lowest BCUT2D eigenvalue weighted by molar-refractivity contribution is 0.109. The van der Waals surface area contributed by atoms with E-state index in [2.05, 4.69) is 47.6 Å². The van der Waals surface area contributed by atoms with E-state index in [1.807, 2.05) is 18.2 Å². The third-order valence-corrected chi connectivity index (χ3v) is 9.62. The first-order chi connectivity index (χ1) is 14.3. The zero-order valence-electron chi connectivity index (χ0n) is 18.5. The molecular weight excluding hydrogens is 394 g/mol. The van der Waals surface area contributed by atoms with Crippen molar-refractivity contribution in [3.63, 3.8) is 0 Å². The van der Waals surface area contributed by atoms with Crippen LogP contribution in [0.15, 0.2) is 36.4 Å². The second-order valence-corrected chi connectivity index (χ2v) is 12.4. The number of likely N-dealkylation sites (tertiary alicyclic amines) is 1. The fourth-order valence-corrected chi connectivity index (χ4v) is 7.62. The zero-order valence-corrected chi connectivity index (χ0v) is 19.3. The number of nitrogens with zero attached hydrogens (tertiary/aromatic N) is 1. The van der Waals surface area contributed by atoms with Crippen molar-refractivity contribution >= 4 is 15.4 Å². The van der Waals surface area contributed by atoms with Gasteiger partial charge in [0.1, 0.15) is 5.37 Å². The highest BCUT2D eigenvalue weighted by molar-refractivity contribution is 7.92. The standard InChI is InChI=1S/C24H37N3O2S/c1-23(11-15-27(16-12-23)18-24(2)10-6-13-26-24)19-30(28,29)22-17-21(9-14-25-22)20-7-4-3-5-8-20/h3-5,7-9,22,25-26H,6,10-19H2,1-2H3/t22?,24-/m0/s1. The number of benzene rings is 1. The lowest BCUT2D eigenvalue weighted by Gasteiger charge is -2.42. The first-order valence-electron chi connectivity index (χ1n) is 11.4. The average Bonchev–Trinajstić information content (AvgIpc) is 3.16. The van der Waals surface area contributed by atoms with Crippen molar-refractivity contribution < 1.29 is 8.42 Å². The molecule has 2 atom stereocenters. The van der Waals surface area contributed by atoms with Crippen molar-refractivity contribution in [3.05, 3.63) is 42.0 Å². The maximum atomic E-state index is 13.3. The van der Waals surface area contributed by atoms with Gasteiger partial charge >= 0.3 is 0 Å². The maximum Gasteiger partial charge on any atom is 0.167 e. The van der Waals surface area contributed by atoms with Gasteiger partial charge in [-0.15, -0.1) is 0 Å². The summed E-state index contributed by atoms with van der Waals surface area (Å²) in [6.07, 6.45) is 7.08. The topological polar surface area (TPSA) is 61.4 Å². The third-order valence-electron chi connectivity index (χ3n) is 7.32. The molecule has 0 spiro atoms. The van der Waals surface area contributed by atoms with Crippen molar-refractivity contribution in [1.29, 1.82) is 0 Å². The Morgan fingerprint density at radius 1 is 1.10 bits per heavy atom. The molecule has 0 saturated carbocycles. The third kappa shape index (κ3) is 5.16. The van der Waals surface area contributed by atoms with Crippen LogP contribution in [0.1, 0.15) is 51.5 Å². The van der Waals surface area contributed by atoms with Crippen LogP contribution >= 0.6 is 0 Å². The van der Waals surface area contributed by atoms with Crippen molar-refractivity contribution in [2.45, 2.75) is 56.9 Å². The molecule has 1 aromatic carbocycles. The summed E-state index contributed by atoms with van der Waals surface area (Å²) >= 11 is 0. The van der Waals surface area contributed by atoms with Crippen molar-refractivity contribution in [1.82, 2.24) is 15.5 Å². The molecule has 3 aliphatic heterocycles. The number of nitrogens with one attached hydrogen (secondary N) is 2. The van der Waals surface area contributed by atoms with E-state index in [1.54, 1.807) is 0 Å². The Kier molecular flexibility index (Phi) is 6.40. The summed E-state index contributed by atoms with van der Waals surface area (Å²) in [6, 6.07) is 10.2. The highest BCUT2D eigenvalue weighted by Gasteiger charge is 2.40. The quantitative estimate of drug-likeness (QED) is 0.725. The van der Waals surface area contributed by atoms with Gasteiger partial charge in [-0.2, -0.15) is 0 Å². The number of piperidine rings is 1. The van der Waals surface area contributed by atoms with Crippen LogP contribution in [0.25, 0.3) is 5.57 Å². The molecule has 2 N–H and O–H groups in total. The van der Waals surface area contributed by atoms with Crippen LogP contribution in [0.2, 0.25) is 0 Å². The Morgan fingerprint density at radius 2 is 1.83 bits per heavy atom. The molecule has 0 radical (unpaired) electrons. The molecule has 2 fully saturated rings. The lowest BCUT2D eigenvalue weighted by atomic mass is 9.82. The molecule has 4 rings (SSSR count). The van der Waals surface area contributed by atoms with Gasteiger partial charge in [0.25, 0.3) is 0 Å². The normalized spacial score (nSPS) is 30.2. The van der Waals surface area contributed by atoms with E-state index in [1.165, 1.54) is 12.8 Å². The van der Waals surface area contributed by atoms with Crippen molar-refractivity contribution in [2.24, 2.45) is 5.41 Å². The van der Waals surface area contributed by atoms with Crippen LogP contribution in [-0.2, 0) is 9.84 Å². The fourth-order valence-electron chi connectivity index (χ4n) is 5.38. The number of hydrogen-bond donors (Lipinski definition) is 2. The number of rotatable bonds is 6. The first kappa shape index (κ1) is 22.0. The van der Waals surface area contributed by atoms with Crippen LogP contribution < -0.4 is 10.6 Å². The first-order valence-corrected chi connectivity index (χ1v) is 13.2. The summed E-state index contributed by atoms with van der Waals surface area (Å²) in [7, 11) is -3.22. The summed E-state index contributed by atoms with van der Waals surface area (Å²) in [4.78, 5) is 2.53. The minimum Gasteiger partial charge on any atom is -0.310 e. The van der Waals surface area contributed by atoms with Crippen molar-refractivity contribution in [2.75, 3.05) is 38.5 Å². The molecular formula is C24H37N3O2S. The van der Waals surface area contributed by atoms with Gasteiger partial charge in [0.2, 0.25) is 0 Å². The largest absolute Gasteiger partial charge is 0.310 e. The van der Waals surface area contributed by atoms with Gasteiger partial charge in [-0.05, 0) is 68.8 Å². The SMILES string of the molecule is CC1(CS(=O)(=O)C2CC(c3ccccc3)=CCN2)CCN(C[C@]2(C)CCCN2)CC1. The molecule has 1 unspecified atom stereocenters. The smallest absolute Gasteiger partial charge is 0.167 e. The van der Waals surface area contributed by atoms with Crippen LogP contribution in [0.3, 0.4) is 0 Å². The van der Waals surface area contributed by atoms with E-state index in [0.29, 0.717) is 13.0 Å². The van der Waals surface area contributed by atoms with E-state index >= 15 is 0 Å². The second-order valence-electron chi connectivity index (χ2n) is 10.2. The van der Waals surface area contributed by atoms with Gasteiger partial charge in [0.15, 0.2) is 9.84 Å². The van der Waals surface area contributed by atoms with E-state index in [-0.39, 0.29) is 16.7 Å². The average molecular weight is 432 g/mol. The molecule has 0 aromatic heterocycles. The highest BCUT2D eigenvalue weighted by atomic mass is 32.2. The van der Waals surface area contributed by atoms with Crippen molar-refractivity contribution in [3.8, 4) is 0 Å². The van der Waals surface area contributed by atoms with Crippen LogP contribution in [0.4, 0.5) is 0 Å². The number of hydrogen-bond acceptors (Lipinski definition) is 5. The van der Waals surface area contributed by atoms with E-state index < -0.39 is 15.2 Å². The molecule has 166 valence electrons. The molecule has 2 saturated heterocycles. The summed E-state index contributed by atoms with van der Waals surface area (Å²) in [5.41, 5.74) is 2.37. The number of sulfone groups is 1. The predicted octanol–water partition coefficient (Wildman–Crippen LogP) is 3.05. The maximum absolute atomic E-state index is 13.3. The second kappa shape index (κ2) is 8.73. The Morgan fingerprint density at radius 3 is 2.50 bits per heavy atom. The summed E-state index contributed by atoms with van der Waals surface area (Å²) in [6.45, 7) is 9.30. The van der Waals surface area contributed by atoms with E-state index in [4.69, 9.17) is 0 Å². The summed E-state index contributed by atoms with van der Waals surface area (Å²) < 4.78 is 26.7. The molecule has 1 aromatic rings. The Balaban J connectivity index is 1.34. The monoisotopic (exact) mass is 431 g/mol. The summed E-state index contributed by atoms with van der Waals surface area (Å²) in [5, 5.41) is 6.42. The molecule has 0 amide bonds. The van der Waals surface area contributed by atoms with Crippen LogP contribution in [0, 0.1) is 5.41 Å². The summed E-state index contributed by atoms with van der Waals surface area (Å²) in [5.74, 6) is 0.281. The predicted molar refractivity (Wildman–Crippen MR) is 124 cm³/mol. The van der Waals surface area contributed by atoms with Gasteiger partial charge in [0.05, 0.1) is 5.75 Å². The lowest BCUT2D eigenvalue weighted by Crippen LogP contribution is -2.52. The molecule has 0 bridgehead atoms. The van der Waals surface area contributed by atoms with Crippen LogP contribution in [0.5, 0.6) is 0 Å². The van der Waals surface area contributed by atoms with Gasteiger partial charge < -0.3 is 10.2 Å². The minimum absolute atomic E-state index is 0.130. The zero-order chi connectivity index (χ0) is 21.2. The molecule has 3 heterocycles. The molecule has 30 heavy (non-hydrogen) atoms. The molecule has 0 aliphatic carbocycles. The minimum atomic E-state index is -3.22. The Hall–Kier alpha value is -1.21. The van der Waals surface area contributed by atoms with E-state index in [9.17, 15) is 8.42 Å². The molecule has 3 aliphatic rings.